The van der Waals surface area contributed by atoms with E-state index < -0.39 is 0 Å². The maximum absolute atomic E-state index is 12.4. The van der Waals surface area contributed by atoms with Crippen LogP contribution in [0.3, 0.4) is 0 Å². The molecule has 1 unspecified atom stereocenters. The predicted molar refractivity (Wildman–Crippen MR) is 109 cm³/mol. The van der Waals surface area contributed by atoms with E-state index in [0.29, 0.717) is 34.8 Å². The van der Waals surface area contributed by atoms with Crippen molar-refractivity contribution in [3.8, 4) is 5.75 Å². The first kappa shape index (κ1) is 21.2. The molecule has 1 heterocycles. The molecule has 0 radical (unpaired) electrons. The van der Waals surface area contributed by atoms with Crippen molar-refractivity contribution in [1.82, 2.24) is 10.6 Å². The van der Waals surface area contributed by atoms with Crippen molar-refractivity contribution in [3.63, 3.8) is 0 Å². The molecule has 0 saturated carbocycles. The summed E-state index contributed by atoms with van der Waals surface area (Å²) in [6.07, 6.45) is 2.88. The Balaban J connectivity index is 1.78. The molecule has 1 aliphatic rings. The molecule has 4 N–H and O–H groups in total. The normalized spacial score (nSPS) is 16.0. The number of aryl methyl sites for hydroxylation is 1. The van der Waals surface area contributed by atoms with Crippen LogP contribution in [0.5, 0.6) is 5.75 Å². The third-order valence-corrected chi connectivity index (χ3v) is 5.05. The number of hydrogen-bond donors (Lipinski definition) is 3. The van der Waals surface area contributed by atoms with Crippen LogP contribution >= 0.6 is 11.8 Å². The van der Waals surface area contributed by atoms with Gasteiger partial charge in [-0.2, -0.15) is 0 Å². The van der Waals surface area contributed by atoms with Crippen molar-refractivity contribution in [2.45, 2.75) is 38.4 Å². The maximum Gasteiger partial charge on any atom is 0.257 e. The number of thioether (sulfide) groups is 1. The van der Waals surface area contributed by atoms with E-state index in [-0.39, 0.29) is 18.4 Å². The summed E-state index contributed by atoms with van der Waals surface area (Å²) in [5.41, 5.74) is 6.78. The first-order valence-corrected chi connectivity index (χ1v) is 10.1. The Hall–Kier alpha value is -2.06. The Kier molecular flexibility index (Phi) is 8.60. The Labute approximate surface area is 164 Å². The number of nitrogens with one attached hydrogen (secondary N) is 2. The lowest BCUT2D eigenvalue weighted by Gasteiger charge is -2.11. The van der Waals surface area contributed by atoms with Gasteiger partial charge in [-0.05, 0) is 50.1 Å². The minimum atomic E-state index is -0.186. The van der Waals surface area contributed by atoms with E-state index in [1.165, 1.54) is 0 Å². The SMILES string of the molecule is Cc1cc(OCC(=O)NCCCCCN)ccc1C(=O)NC1=NCC(C)S1. The molecule has 2 rings (SSSR count). The van der Waals surface area contributed by atoms with E-state index in [0.717, 1.165) is 31.4 Å². The molecule has 1 aromatic carbocycles. The van der Waals surface area contributed by atoms with Crippen LogP contribution in [-0.4, -0.2) is 48.5 Å². The van der Waals surface area contributed by atoms with Gasteiger partial charge < -0.3 is 21.1 Å². The number of hydrogen-bond acceptors (Lipinski definition) is 6. The predicted octanol–water partition coefficient (Wildman–Crippen LogP) is 1.84. The number of benzene rings is 1. The van der Waals surface area contributed by atoms with Crippen LogP contribution in [0.15, 0.2) is 23.2 Å². The standard InChI is InChI=1S/C19H28N4O3S/c1-13-10-15(26-12-17(24)21-9-5-3-4-8-20)6-7-16(13)18(25)23-19-22-11-14(2)27-19/h6-7,10,14H,3-5,8-9,11-12,20H2,1-2H3,(H,21,24)(H,22,23,25). The number of amidine groups is 1. The molecule has 27 heavy (non-hydrogen) atoms. The van der Waals surface area contributed by atoms with Gasteiger partial charge in [0.1, 0.15) is 5.75 Å². The number of aliphatic imine (C=N–C) groups is 1. The van der Waals surface area contributed by atoms with Crippen LogP contribution in [0.25, 0.3) is 0 Å². The van der Waals surface area contributed by atoms with Crippen molar-refractivity contribution in [1.29, 1.82) is 0 Å². The average molecular weight is 393 g/mol. The van der Waals surface area contributed by atoms with Crippen LogP contribution < -0.4 is 21.1 Å². The van der Waals surface area contributed by atoms with Gasteiger partial charge in [0.05, 0.1) is 6.54 Å². The molecule has 7 nitrogen and oxygen atoms in total. The van der Waals surface area contributed by atoms with Crippen LogP contribution in [-0.2, 0) is 4.79 Å². The van der Waals surface area contributed by atoms with Gasteiger partial charge in [-0.1, -0.05) is 25.1 Å². The highest BCUT2D eigenvalue weighted by Crippen LogP contribution is 2.20. The second-order valence-electron chi connectivity index (χ2n) is 6.49. The molecule has 0 saturated heterocycles. The molecule has 0 fully saturated rings. The van der Waals surface area contributed by atoms with E-state index in [1.807, 2.05) is 6.92 Å². The van der Waals surface area contributed by atoms with Crippen molar-refractivity contribution in [2.75, 3.05) is 26.2 Å². The lowest BCUT2D eigenvalue weighted by molar-refractivity contribution is -0.123. The number of nitrogens with two attached hydrogens (primary N) is 1. The summed E-state index contributed by atoms with van der Waals surface area (Å²) < 4.78 is 5.52. The Morgan fingerprint density at radius 3 is 2.81 bits per heavy atom. The van der Waals surface area contributed by atoms with Gasteiger partial charge in [0.25, 0.3) is 11.8 Å². The number of carbonyl (C=O) groups excluding carboxylic acids is 2. The van der Waals surface area contributed by atoms with Crippen molar-refractivity contribution < 1.29 is 14.3 Å². The van der Waals surface area contributed by atoms with E-state index >= 15 is 0 Å². The molecule has 1 aliphatic heterocycles. The van der Waals surface area contributed by atoms with Gasteiger partial charge in [-0.3, -0.25) is 14.6 Å². The third kappa shape index (κ3) is 7.22. The Morgan fingerprint density at radius 2 is 2.15 bits per heavy atom. The lowest BCUT2D eigenvalue weighted by Crippen LogP contribution is -2.30. The Bertz CT molecular complexity index is 694. The molecule has 0 bridgehead atoms. The molecular weight excluding hydrogens is 364 g/mol. The number of carbonyl (C=O) groups is 2. The highest BCUT2D eigenvalue weighted by atomic mass is 32.2. The molecule has 1 atom stereocenters. The molecular formula is C19H28N4O3S. The van der Waals surface area contributed by atoms with Crippen molar-refractivity contribution in [3.05, 3.63) is 29.3 Å². The van der Waals surface area contributed by atoms with Gasteiger partial charge in [-0.15, -0.1) is 0 Å². The van der Waals surface area contributed by atoms with Crippen LogP contribution in [0.2, 0.25) is 0 Å². The van der Waals surface area contributed by atoms with E-state index in [1.54, 1.807) is 30.0 Å². The number of amides is 2. The fraction of sp³-hybridized carbons (Fsp3) is 0.526. The van der Waals surface area contributed by atoms with Gasteiger partial charge in [0.15, 0.2) is 11.8 Å². The summed E-state index contributed by atoms with van der Waals surface area (Å²) in [6.45, 7) is 5.89. The number of rotatable bonds is 9. The zero-order valence-corrected chi connectivity index (χ0v) is 16.7. The zero-order valence-electron chi connectivity index (χ0n) is 15.9. The van der Waals surface area contributed by atoms with Crippen LogP contribution in [0, 0.1) is 6.92 Å². The summed E-state index contributed by atoms with van der Waals surface area (Å²) in [5, 5.41) is 6.71. The largest absolute Gasteiger partial charge is 0.484 e. The van der Waals surface area contributed by atoms with Gasteiger partial charge in [-0.25, -0.2) is 0 Å². The fourth-order valence-electron chi connectivity index (χ4n) is 2.56. The summed E-state index contributed by atoms with van der Waals surface area (Å²) in [5.74, 6) is 0.214. The second-order valence-corrected chi connectivity index (χ2v) is 7.92. The molecule has 0 aromatic heterocycles. The number of nitrogens with zero attached hydrogens (tertiary/aromatic N) is 1. The summed E-state index contributed by atoms with van der Waals surface area (Å²) in [6, 6.07) is 5.16. The monoisotopic (exact) mass is 392 g/mol. The lowest BCUT2D eigenvalue weighted by atomic mass is 10.1. The van der Waals surface area contributed by atoms with Gasteiger partial charge in [0, 0.05) is 17.4 Å². The molecule has 1 aromatic rings. The fourth-order valence-corrected chi connectivity index (χ4v) is 3.40. The highest BCUT2D eigenvalue weighted by Gasteiger charge is 2.18. The second kappa shape index (κ2) is 10.9. The first-order chi connectivity index (χ1) is 13.0. The van der Waals surface area contributed by atoms with Crippen LogP contribution in [0.4, 0.5) is 0 Å². The Morgan fingerprint density at radius 1 is 1.33 bits per heavy atom. The number of ether oxygens (including phenoxy) is 1. The topological polar surface area (TPSA) is 106 Å². The van der Waals surface area contributed by atoms with Gasteiger partial charge >= 0.3 is 0 Å². The molecule has 0 aliphatic carbocycles. The minimum Gasteiger partial charge on any atom is -0.484 e. The van der Waals surface area contributed by atoms with E-state index in [9.17, 15) is 9.59 Å². The highest BCUT2D eigenvalue weighted by molar-refractivity contribution is 8.14. The quantitative estimate of drug-likeness (QED) is 0.556. The minimum absolute atomic E-state index is 0.0484. The van der Waals surface area contributed by atoms with E-state index in [2.05, 4.69) is 22.5 Å². The van der Waals surface area contributed by atoms with Crippen molar-refractivity contribution >= 4 is 28.7 Å². The molecule has 148 valence electrons. The molecule has 0 spiro atoms. The number of unbranched alkanes of at least 4 members (excludes halogenated alkanes) is 2. The average Bonchev–Trinajstić information content (AvgIpc) is 3.04. The summed E-state index contributed by atoms with van der Waals surface area (Å²) in [7, 11) is 0. The zero-order chi connectivity index (χ0) is 19.6. The summed E-state index contributed by atoms with van der Waals surface area (Å²) in [4.78, 5) is 28.5. The summed E-state index contributed by atoms with van der Waals surface area (Å²) >= 11 is 1.56. The van der Waals surface area contributed by atoms with Crippen molar-refractivity contribution in [2.24, 2.45) is 10.7 Å². The van der Waals surface area contributed by atoms with E-state index in [4.69, 9.17) is 10.5 Å². The van der Waals surface area contributed by atoms with Gasteiger partial charge in [0.2, 0.25) is 0 Å². The maximum atomic E-state index is 12.4. The first-order valence-electron chi connectivity index (χ1n) is 9.22. The van der Waals surface area contributed by atoms with Crippen LogP contribution in [0.1, 0.15) is 42.1 Å². The molecule has 8 heteroatoms. The molecule has 2 amide bonds. The third-order valence-electron chi connectivity index (χ3n) is 4.04. The smallest absolute Gasteiger partial charge is 0.257 e.